The highest BCUT2D eigenvalue weighted by Gasteiger charge is 2.26. The number of esters is 1. The molecule has 0 radical (unpaired) electrons. The lowest BCUT2D eigenvalue weighted by Crippen LogP contribution is -2.40. The Bertz CT molecular complexity index is 1280. The second kappa shape index (κ2) is 9.57. The van der Waals surface area contributed by atoms with E-state index < -0.39 is 12.1 Å². The van der Waals surface area contributed by atoms with Gasteiger partial charge in [-0.25, -0.2) is 13.9 Å². The van der Waals surface area contributed by atoms with Gasteiger partial charge in [0.05, 0.1) is 19.8 Å². The minimum absolute atomic E-state index is 0.116. The van der Waals surface area contributed by atoms with E-state index in [1.54, 1.807) is 22.8 Å². The van der Waals surface area contributed by atoms with Gasteiger partial charge in [-0.15, -0.1) is 5.10 Å². The Morgan fingerprint density at radius 3 is 2.79 bits per heavy atom. The standard InChI is InChI=1S/C23H24FN7O3/c1-15-13-19(28-27-15)25-22-18-3-2-8-31(18)29-23(26-22)21(16-4-6-17(24)7-5-16)34-20(32)14-30-9-11-33-12-10-30/h2-8,13,21H,9-12,14H2,1H3,(H2,25,26,27,28,29). The molecular weight excluding hydrogens is 441 g/mol. The molecule has 1 fully saturated rings. The predicted molar refractivity (Wildman–Crippen MR) is 121 cm³/mol. The van der Waals surface area contributed by atoms with Crippen LogP contribution in [0.5, 0.6) is 0 Å². The molecule has 1 aromatic carbocycles. The lowest BCUT2D eigenvalue weighted by molar-refractivity contribution is -0.150. The van der Waals surface area contributed by atoms with Crippen molar-refractivity contribution in [2.75, 3.05) is 38.2 Å². The number of nitrogens with one attached hydrogen (secondary N) is 2. The van der Waals surface area contributed by atoms with Crippen molar-refractivity contribution in [3.8, 4) is 0 Å². The van der Waals surface area contributed by atoms with E-state index in [0.717, 1.165) is 11.2 Å². The third kappa shape index (κ3) is 4.90. The van der Waals surface area contributed by atoms with Gasteiger partial charge in [-0.2, -0.15) is 5.10 Å². The number of aromatic amines is 1. The van der Waals surface area contributed by atoms with Crippen LogP contribution in [0.25, 0.3) is 5.52 Å². The first kappa shape index (κ1) is 22.0. The van der Waals surface area contributed by atoms with Gasteiger partial charge in [-0.05, 0) is 31.2 Å². The minimum atomic E-state index is -0.928. The Hall–Kier alpha value is -3.83. The number of nitrogens with zero attached hydrogens (tertiary/aromatic N) is 5. The number of fused-ring (bicyclic) bond motifs is 1. The van der Waals surface area contributed by atoms with Gasteiger partial charge in [0, 0.05) is 36.6 Å². The number of morpholine rings is 1. The van der Waals surface area contributed by atoms with Crippen molar-refractivity contribution in [2.24, 2.45) is 0 Å². The molecule has 0 aliphatic carbocycles. The summed E-state index contributed by atoms with van der Waals surface area (Å²) >= 11 is 0. The Morgan fingerprint density at radius 2 is 2.06 bits per heavy atom. The molecule has 1 saturated heterocycles. The average Bonchev–Trinajstić information content (AvgIpc) is 3.47. The summed E-state index contributed by atoms with van der Waals surface area (Å²) in [6.45, 7) is 4.46. The quantitative estimate of drug-likeness (QED) is 0.401. The van der Waals surface area contributed by atoms with Crippen molar-refractivity contribution in [3.63, 3.8) is 0 Å². The number of anilines is 2. The van der Waals surface area contributed by atoms with Gasteiger partial charge in [0.1, 0.15) is 11.3 Å². The topological polar surface area (TPSA) is 110 Å². The Kier molecular flexibility index (Phi) is 6.19. The second-order valence-corrected chi connectivity index (χ2v) is 8.03. The maximum Gasteiger partial charge on any atom is 0.321 e. The summed E-state index contributed by atoms with van der Waals surface area (Å²) < 4.78 is 26.5. The molecule has 4 heterocycles. The first-order valence-corrected chi connectivity index (χ1v) is 10.9. The number of benzene rings is 1. The molecule has 34 heavy (non-hydrogen) atoms. The van der Waals surface area contributed by atoms with Gasteiger partial charge >= 0.3 is 5.97 Å². The van der Waals surface area contributed by atoms with Crippen LogP contribution in [-0.4, -0.2) is 68.5 Å². The smallest absolute Gasteiger partial charge is 0.321 e. The predicted octanol–water partition coefficient (Wildman–Crippen LogP) is 2.61. The van der Waals surface area contributed by atoms with Crippen LogP contribution >= 0.6 is 0 Å². The Labute approximate surface area is 194 Å². The van der Waals surface area contributed by atoms with Crippen molar-refractivity contribution in [1.82, 2.24) is 29.7 Å². The van der Waals surface area contributed by atoms with Crippen molar-refractivity contribution >= 4 is 23.1 Å². The third-order valence-electron chi connectivity index (χ3n) is 5.47. The summed E-state index contributed by atoms with van der Waals surface area (Å²) in [5.74, 6) is 0.524. The van der Waals surface area contributed by atoms with Crippen LogP contribution in [0.15, 0.2) is 48.7 Å². The van der Waals surface area contributed by atoms with Crippen molar-refractivity contribution in [2.45, 2.75) is 13.0 Å². The van der Waals surface area contributed by atoms with Gasteiger partial charge in [0.15, 0.2) is 23.6 Å². The molecule has 4 aromatic rings. The molecule has 1 aliphatic heterocycles. The third-order valence-corrected chi connectivity index (χ3v) is 5.47. The lowest BCUT2D eigenvalue weighted by atomic mass is 10.1. The summed E-state index contributed by atoms with van der Waals surface area (Å²) in [4.78, 5) is 19.5. The number of rotatable bonds is 7. The molecule has 2 N–H and O–H groups in total. The minimum Gasteiger partial charge on any atom is -0.448 e. The van der Waals surface area contributed by atoms with Crippen molar-refractivity contribution in [3.05, 3.63) is 71.6 Å². The Balaban J connectivity index is 1.49. The second-order valence-electron chi connectivity index (χ2n) is 8.03. The lowest BCUT2D eigenvalue weighted by Gasteiger charge is -2.26. The normalized spacial score (nSPS) is 15.4. The molecule has 1 atom stereocenters. The fourth-order valence-electron chi connectivity index (χ4n) is 3.78. The van der Waals surface area contributed by atoms with Gasteiger partial charge in [0.2, 0.25) is 0 Å². The van der Waals surface area contributed by atoms with Gasteiger partial charge in [-0.1, -0.05) is 12.1 Å². The number of ether oxygens (including phenoxy) is 2. The number of hydrogen-bond donors (Lipinski definition) is 2. The van der Waals surface area contributed by atoms with E-state index in [2.05, 4.69) is 25.6 Å². The average molecular weight is 465 g/mol. The highest BCUT2D eigenvalue weighted by atomic mass is 19.1. The number of hydrogen-bond acceptors (Lipinski definition) is 8. The largest absolute Gasteiger partial charge is 0.448 e. The zero-order valence-electron chi connectivity index (χ0n) is 18.6. The maximum absolute atomic E-state index is 13.6. The maximum atomic E-state index is 13.6. The summed E-state index contributed by atoms with van der Waals surface area (Å²) in [6, 6.07) is 11.3. The molecule has 0 spiro atoms. The van der Waals surface area contributed by atoms with Crippen LogP contribution in [0.3, 0.4) is 0 Å². The number of carbonyl (C=O) groups is 1. The van der Waals surface area contributed by atoms with E-state index >= 15 is 0 Å². The van der Waals surface area contributed by atoms with Crippen LogP contribution in [-0.2, 0) is 14.3 Å². The number of aryl methyl sites for hydroxylation is 1. The zero-order valence-corrected chi connectivity index (χ0v) is 18.6. The molecule has 0 bridgehead atoms. The van der Waals surface area contributed by atoms with Crippen molar-refractivity contribution < 1.29 is 18.7 Å². The van der Waals surface area contributed by atoms with E-state index in [1.165, 1.54) is 12.1 Å². The monoisotopic (exact) mass is 465 g/mol. The van der Waals surface area contributed by atoms with Crippen LogP contribution in [0, 0.1) is 12.7 Å². The molecule has 1 aliphatic rings. The van der Waals surface area contributed by atoms with Gasteiger partial charge in [0.25, 0.3) is 0 Å². The van der Waals surface area contributed by atoms with E-state index in [4.69, 9.17) is 9.47 Å². The summed E-state index contributed by atoms with van der Waals surface area (Å²) in [5, 5.41) is 14.9. The molecule has 176 valence electrons. The van der Waals surface area contributed by atoms with Gasteiger partial charge in [-0.3, -0.25) is 14.8 Å². The van der Waals surface area contributed by atoms with E-state index in [1.807, 2.05) is 30.0 Å². The molecule has 1 unspecified atom stereocenters. The molecular formula is C23H24FN7O3. The molecule has 5 rings (SSSR count). The molecule has 11 heteroatoms. The molecule has 10 nitrogen and oxygen atoms in total. The van der Waals surface area contributed by atoms with E-state index in [0.29, 0.717) is 43.5 Å². The van der Waals surface area contributed by atoms with Crippen LogP contribution in [0.2, 0.25) is 0 Å². The fourth-order valence-corrected chi connectivity index (χ4v) is 3.78. The Morgan fingerprint density at radius 1 is 1.26 bits per heavy atom. The summed E-state index contributed by atoms with van der Waals surface area (Å²) in [6.07, 6.45) is 0.848. The van der Waals surface area contributed by atoms with E-state index in [9.17, 15) is 9.18 Å². The SMILES string of the molecule is Cc1cc(Nc2nc(C(OC(=O)CN3CCOCC3)c3ccc(F)cc3)nn3cccc23)n[nH]1. The zero-order chi connectivity index (χ0) is 23.5. The van der Waals surface area contributed by atoms with Gasteiger partial charge < -0.3 is 14.8 Å². The first-order valence-electron chi connectivity index (χ1n) is 10.9. The highest BCUT2D eigenvalue weighted by Crippen LogP contribution is 2.27. The van der Waals surface area contributed by atoms with Crippen LogP contribution in [0.4, 0.5) is 16.0 Å². The van der Waals surface area contributed by atoms with Crippen LogP contribution < -0.4 is 5.32 Å². The fraction of sp³-hybridized carbons (Fsp3) is 0.304. The molecule has 0 amide bonds. The van der Waals surface area contributed by atoms with Crippen LogP contribution in [0.1, 0.15) is 23.2 Å². The van der Waals surface area contributed by atoms with Crippen molar-refractivity contribution in [1.29, 1.82) is 0 Å². The summed E-state index contributed by atoms with van der Waals surface area (Å²) in [5.41, 5.74) is 2.18. The number of carbonyl (C=O) groups excluding carboxylic acids is 1. The number of H-pyrrole nitrogens is 1. The first-order chi connectivity index (χ1) is 16.5. The highest BCUT2D eigenvalue weighted by molar-refractivity contribution is 5.73. The number of aromatic nitrogens is 5. The van der Waals surface area contributed by atoms with E-state index in [-0.39, 0.29) is 18.2 Å². The molecule has 3 aromatic heterocycles. The molecule has 0 saturated carbocycles. The summed E-state index contributed by atoms with van der Waals surface area (Å²) in [7, 11) is 0. The number of halogens is 1.